The average Bonchev–Trinajstić information content (AvgIpc) is 2.94. The maximum absolute atomic E-state index is 5.05. The second-order valence-electron chi connectivity index (χ2n) is 7.95. The van der Waals surface area contributed by atoms with Gasteiger partial charge in [0.05, 0.1) is 6.20 Å². The minimum absolute atomic E-state index is 0.184. The smallest absolute Gasteiger partial charge is 0.158 e. The van der Waals surface area contributed by atoms with Crippen molar-refractivity contribution in [2.45, 2.75) is 60.9 Å². The third-order valence-electron chi connectivity index (χ3n) is 4.49. The van der Waals surface area contributed by atoms with E-state index in [0.717, 1.165) is 36.0 Å². The highest BCUT2D eigenvalue weighted by Crippen LogP contribution is 2.35. The Hall–Kier alpha value is -2.23. The molecule has 3 heterocycles. The number of aryl methyl sites for hydroxylation is 2. The summed E-state index contributed by atoms with van der Waals surface area (Å²) in [5.41, 5.74) is 7.27. The SMILES string of the molecule is CCc1c(CC(C)(C)C)nc2c(cnn2CC)c1-c1cncc(C)c1. The van der Waals surface area contributed by atoms with Gasteiger partial charge in [0.15, 0.2) is 5.65 Å². The van der Waals surface area contributed by atoms with E-state index in [9.17, 15) is 0 Å². The standard InChI is InChI=1S/C21H28N4/c1-7-16-18(10-21(4,5)6)24-20-17(13-23-25(20)8-2)19(16)15-9-14(3)11-22-12-15/h9,11-13H,7-8,10H2,1-6H3. The summed E-state index contributed by atoms with van der Waals surface area (Å²) in [6.07, 6.45) is 7.73. The van der Waals surface area contributed by atoms with Crippen LogP contribution in [0.2, 0.25) is 0 Å². The minimum atomic E-state index is 0.184. The number of aromatic nitrogens is 4. The minimum Gasteiger partial charge on any atom is -0.264 e. The molecular formula is C21H28N4. The summed E-state index contributed by atoms with van der Waals surface area (Å²) in [7, 11) is 0. The van der Waals surface area contributed by atoms with E-state index in [2.05, 4.69) is 57.7 Å². The maximum atomic E-state index is 5.05. The van der Waals surface area contributed by atoms with E-state index >= 15 is 0 Å². The van der Waals surface area contributed by atoms with Crippen LogP contribution in [0.1, 0.15) is 51.4 Å². The molecule has 0 aromatic carbocycles. The number of hydrogen-bond donors (Lipinski definition) is 0. The van der Waals surface area contributed by atoms with Gasteiger partial charge in [0, 0.05) is 41.1 Å². The van der Waals surface area contributed by atoms with E-state index in [1.807, 2.05) is 23.3 Å². The lowest BCUT2D eigenvalue weighted by Gasteiger charge is -2.22. The lowest BCUT2D eigenvalue weighted by Crippen LogP contribution is -2.14. The maximum Gasteiger partial charge on any atom is 0.158 e. The fourth-order valence-corrected chi connectivity index (χ4v) is 3.46. The molecule has 0 aliphatic heterocycles. The number of hydrogen-bond acceptors (Lipinski definition) is 3. The highest BCUT2D eigenvalue weighted by Gasteiger charge is 2.22. The van der Waals surface area contributed by atoms with Crippen molar-refractivity contribution in [1.82, 2.24) is 19.7 Å². The molecule has 0 bridgehead atoms. The highest BCUT2D eigenvalue weighted by atomic mass is 15.3. The largest absolute Gasteiger partial charge is 0.264 e. The van der Waals surface area contributed by atoms with Crippen molar-refractivity contribution in [2.24, 2.45) is 5.41 Å². The molecule has 3 aromatic rings. The normalized spacial score (nSPS) is 12.1. The second-order valence-corrected chi connectivity index (χ2v) is 7.95. The Morgan fingerprint density at radius 3 is 2.44 bits per heavy atom. The molecule has 4 heteroatoms. The number of pyridine rings is 2. The molecule has 4 nitrogen and oxygen atoms in total. The zero-order valence-corrected chi connectivity index (χ0v) is 16.2. The first-order valence-corrected chi connectivity index (χ1v) is 9.13. The third-order valence-corrected chi connectivity index (χ3v) is 4.49. The molecule has 0 aliphatic carbocycles. The van der Waals surface area contributed by atoms with E-state index in [1.54, 1.807) is 0 Å². The summed E-state index contributed by atoms with van der Waals surface area (Å²) in [5.74, 6) is 0. The van der Waals surface area contributed by atoms with E-state index in [0.29, 0.717) is 0 Å². The van der Waals surface area contributed by atoms with Crippen molar-refractivity contribution in [2.75, 3.05) is 0 Å². The van der Waals surface area contributed by atoms with Crippen molar-refractivity contribution < 1.29 is 0 Å². The lowest BCUT2D eigenvalue weighted by atomic mass is 9.85. The predicted octanol–water partition coefficient (Wildman–Crippen LogP) is 4.97. The average molecular weight is 336 g/mol. The van der Waals surface area contributed by atoms with Crippen LogP contribution in [0.5, 0.6) is 0 Å². The van der Waals surface area contributed by atoms with E-state index < -0.39 is 0 Å². The summed E-state index contributed by atoms with van der Waals surface area (Å²) in [4.78, 5) is 9.48. The molecular weight excluding hydrogens is 308 g/mol. The van der Waals surface area contributed by atoms with Crippen molar-refractivity contribution >= 4 is 11.0 Å². The molecule has 0 spiro atoms. The van der Waals surface area contributed by atoms with Crippen LogP contribution in [0.25, 0.3) is 22.2 Å². The Labute approximate surface area is 150 Å². The van der Waals surface area contributed by atoms with Crippen LogP contribution in [0.15, 0.2) is 24.7 Å². The Balaban J connectivity index is 2.37. The van der Waals surface area contributed by atoms with Crippen LogP contribution >= 0.6 is 0 Å². The molecule has 0 saturated carbocycles. The van der Waals surface area contributed by atoms with Crippen molar-refractivity contribution in [3.63, 3.8) is 0 Å². The van der Waals surface area contributed by atoms with Crippen molar-refractivity contribution in [3.05, 3.63) is 41.5 Å². The van der Waals surface area contributed by atoms with Gasteiger partial charge in [-0.25, -0.2) is 9.67 Å². The number of rotatable bonds is 4. The van der Waals surface area contributed by atoms with Crippen LogP contribution in [-0.2, 0) is 19.4 Å². The first-order valence-electron chi connectivity index (χ1n) is 9.13. The molecule has 3 rings (SSSR count). The highest BCUT2D eigenvalue weighted by molar-refractivity contribution is 5.95. The van der Waals surface area contributed by atoms with Gasteiger partial charge >= 0.3 is 0 Å². The Morgan fingerprint density at radius 1 is 1.08 bits per heavy atom. The molecule has 0 radical (unpaired) electrons. The van der Waals surface area contributed by atoms with Crippen LogP contribution in [0, 0.1) is 12.3 Å². The molecule has 132 valence electrons. The predicted molar refractivity (Wildman–Crippen MR) is 104 cm³/mol. The first-order chi connectivity index (χ1) is 11.8. The van der Waals surface area contributed by atoms with E-state index in [4.69, 9.17) is 4.98 Å². The van der Waals surface area contributed by atoms with Crippen LogP contribution in [0.4, 0.5) is 0 Å². The molecule has 0 saturated heterocycles. The molecule has 0 unspecified atom stereocenters. The number of fused-ring (bicyclic) bond motifs is 1. The Kier molecular flexibility index (Phi) is 4.63. The molecule has 0 atom stereocenters. The quantitative estimate of drug-likeness (QED) is 0.675. The molecule has 25 heavy (non-hydrogen) atoms. The van der Waals surface area contributed by atoms with E-state index in [1.165, 1.54) is 22.4 Å². The van der Waals surface area contributed by atoms with Crippen LogP contribution in [-0.4, -0.2) is 19.7 Å². The Bertz CT molecular complexity index is 900. The summed E-state index contributed by atoms with van der Waals surface area (Å²) >= 11 is 0. The summed E-state index contributed by atoms with van der Waals surface area (Å²) in [6, 6.07) is 2.21. The fourth-order valence-electron chi connectivity index (χ4n) is 3.46. The van der Waals surface area contributed by atoms with Gasteiger partial charge in [-0.2, -0.15) is 5.10 Å². The van der Waals surface area contributed by atoms with E-state index in [-0.39, 0.29) is 5.41 Å². The molecule has 0 fully saturated rings. The topological polar surface area (TPSA) is 43.6 Å². The third kappa shape index (κ3) is 3.44. The summed E-state index contributed by atoms with van der Waals surface area (Å²) in [6.45, 7) is 14.0. The summed E-state index contributed by atoms with van der Waals surface area (Å²) < 4.78 is 1.99. The van der Waals surface area contributed by atoms with Crippen LogP contribution in [0.3, 0.4) is 0 Å². The van der Waals surface area contributed by atoms with Gasteiger partial charge in [0.25, 0.3) is 0 Å². The van der Waals surface area contributed by atoms with Gasteiger partial charge in [-0.1, -0.05) is 27.7 Å². The monoisotopic (exact) mass is 336 g/mol. The van der Waals surface area contributed by atoms with Crippen molar-refractivity contribution in [1.29, 1.82) is 0 Å². The zero-order valence-electron chi connectivity index (χ0n) is 16.2. The van der Waals surface area contributed by atoms with Crippen molar-refractivity contribution in [3.8, 4) is 11.1 Å². The second kappa shape index (κ2) is 6.58. The van der Waals surface area contributed by atoms with Gasteiger partial charge < -0.3 is 0 Å². The van der Waals surface area contributed by atoms with Gasteiger partial charge in [-0.05, 0) is 49.3 Å². The van der Waals surface area contributed by atoms with Gasteiger partial charge in [0.2, 0.25) is 0 Å². The van der Waals surface area contributed by atoms with Gasteiger partial charge in [-0.15, -0.1) is 0 Å². The molecule has 0 aliphatic rings. The fraction of sp³-hybridized carbons (Fsp3) is 0.476. The zero-order chi connectivity index (χ0) is 18.2. The molecule has 3 aromatic heterocycles. The van der Waals surface area contributed by atoms with Gasteiger partial charge in [-0.3, -0.25) is 4.98 Å². The summed E-state index contributed by atoms with van der Waals surface area (Å²) in [5, 5.41) is 5.70. The number of nitrogens with zero attached hydrogens (tertiary/aromatic N) is 4. The molecule has 0 amide bonds. The lowest BCUT2D eigenvalue weighted by molar-refractivity contribution is 0.405. The molecule has 0 N–H and O–H groups in total. The first kappa shape index (κ1) is 17.6. The van der Waals surface area contributed by atoms with Crippen LogP contribution < -0.4 is 0 Å². The Morgan fingerprint density at radius 2 is 1.84 bits per heavy atom. The van der Waals surface area contributed by atoms with Gasteiger partial charge in [0.1, 0.15) is 0 Å².